The summed E-state index contributed by atoms with van der Waals surface area (Å²) in [5.41, 5.74) is 6.30. The normalized spacial score (nSPS) is 17.1. The molecular formula is C23H19NO3. The maximum atomic E-state index is 5.86. The second-order valence-electron chi connectivity index (χ2n) is 6.86. The van der Waals surface area contributed by atoms with Crippen molar-refractivity contribution in [1.29, 1.82) is 0 Å². The molecule has 0 amide bonds. The van der Waals surface area contributed by atoms with Gasteiger partial charge in [-0.25, -0.2) is 4.99 Å². The topological polar surface area (TPSA) is 40.0 Å². The molecule has 0 fully saturated rings. The molecule has 0 saturated carbocycles. The van der Waals surface area contributed by atoms with Gasteiger partial charge in [0.1, 0.15) is 18.0 Å². The van der Waals surface area contributed by atoms with Crippen LogP contribution in [0.3, 0.4) is 0 Å². The van der Waals surface area contributed by atoms with Gasteiger partial charge in [0, 0.05) is 6.92 Å². The van der Waals surface area contributed by atoms with Crippen LogP contribution in [0.25, 0.3) is 11.1 Å². The van der Waals surface area contributed by atoms with E-state index in [1.807, 2.05) is 31.2 Å². The molecule has 0 bridgehead atoms. The van der Waals surface area contributed by atoms with Crippen LogP contribution in [-0.2, 0) is 0 Å². The van der Waals surface area contributed by atoms with Crippen LogP contribution in [0.2, 0.25) is 0 Å². The summed E-state index contributed by atoms with van der Waals surface area (Å²) < 4.78 is 17.1. The summed E-state index contributed by atoms with van der Waals surface area (Å²) in [6, 6.07) is 20.5. The number of rotatable bonds is 2. The third-order valence-electron chi connectivity index (χ3n) is 4.82. The van der Waals surface area contributed by atoms with Crippen LogP contribution >= 0.6 is 0 Å². The van der Waals surface area contributed by atoms with E-state index in [1.54, 1.807) is 0 Å². The largest absolute Gasteiger partial charge is 0.485 e. The Labute approximate surface area is 158 Å². The molecule has 0 N–H and O–H groups in total. The van der Waals surface area contributed by atoms with E-state index in [0.717, 1.165) is 45.3 Å². The lowest BCUT2D eigenvalue weighted by molar-refractivity contribution is 0.0679. The van der Waals surface area contributed by atoms with Gasteiger partial charge in [0.05, 0.1) is 5.71 Å². The Morgan fingerprint density at radius 2 is 1.48 bits per heavy atom. The van der Waals surface area contributed by atoms with Gasteiger partial charge in [0.2, 0.25) is 6.29 Å². The van der Waals surface area contributed by atoms with Gasteiger partial charge in [-0.15, -0.1) is 0 Å². The summed E-state index contributed by atoms with van der Waals surface area (Å²) in [6.07, 6.45) is -0.228. The quantitative estimate of drug-likeness (QED) is 0.625. The zero-order valence-corrected chi connectivity index (χ0v) is 15.2. The number of aryl methyl sites for hydroxylation is 1. The first-order chi connectivity index (χ1) is 13.2. The van der Waals surface area contributed by atoms with Crippen molar-refractivity contribution < 1.29 is 14.2 Å². The van der Waals surface area contributed by atoms with Crippen molar-refractivity contribution in [3.8, 4) is 28.4 Å². The van der Waals surface area contributed by atoms with Crippen molar-refractivity contribution in [3.63, 3.8) is 0 Å². The molecule has 0 spiro atoms. The van der Waals surface area contributed by atoms with Crippen molar-refractivity contribution in [2.45, 2.75) is 20.1 Å². The Balaban J connectivity index is 1.44. The SMILES string of the molecule is Cc1ccc2c(c1)N=C(c1ccc(-c3ccc4c(c3)OC(C)O4)cc1)CO2. The van der Waals surface area contributed by atoms with E-state index in [4.69, 9.17) is 19.2 Å². The average Bonchev–Trinajstić information content (AvgIpc) is 3.06. The first kappa shape index (κ1) is 15.9. The molecule has 2 heterocycles. The molecule has 0 aliphatic carbocycles. The van der Waals surface area contributed by atoms with Crippen molar-refractivity contribution in [2.24, 2.45) is 4.99 Å². The number of hydrogen-bond acceptors (Lipinski definition) is 4. The first-order valence-corrected chi connectivity index (χ1v) is 9.05. The second kappa shape index (κ2) is 6.16. The van der Waals surface area contributed by atoms with Crippen LogP contribution in [0.1, 0.15) is 18.1 Å². The highest BCUT2D eigenvalue weighted by molar-refractivity contribution is 6.04. The predicted molar refractivity (Wildman–Crippen MR) is 105 cm³/mol. The van der Waals surface area contributed by atoms with E-state index in [2.05, 4.69) is 43.3 Å². The molecule has 0 aromatic heterocycles. The van der Waals surface area contributed by atoms with Crippen LogP contribution in [-0.4, -0.2) is 18.6 Å². The summed E-state index contributed by atoms with van der Waals surface area (Å²) in [7, 11) is 0. The van der Waals surface area contributed by atoms with E-state index in [1.165, 1.54) is 5.56 Å². The Hall–Kier alpha value is -3.27. The van der Waals surface area contributed by atoms with Crippen molar-refractivity contribution >= 4 is 11.4 Å². The van der Waals surface area contributed by atoms with Gasteiger partial charge >= 0.3 is 0 Å². The Bertz CT molecular complexity index is 1050. The van der Waals surface area contributed by atoms with Gasteiger partial charge in [-0.3, -0.25) is 0 Å². The zero-order chi connectivity index (χ0) is 18.4. The van der Waals surface area contributed by atoms with Crippen LogP contribution in [0.5, 0.6) is 17.2 Å². The Morgan fingerprint density at radius 3 is 2.33 bits per heavy atom. The molecule has 3 aromatic rings. The molecule has 5 rings (SSSR count). The third-order valence-corrected chi connectivity index (χ3v) is 4.82. The lowest BCUT2D eigenvalue weighted by Crippen LogP contribution is -2.16. The Kier molecular flexibility index (Phi) is 3.64. The molecule has 0 radical (unpaired) electrons. The lowest BCUT2D eigenvalue weighted by atomic mass is 10.0. The monoisotopic (exact) mass is 357 g/mol. The first-order valence-electron chi connectivity index (χ1n) is 9.05. The zero-order valence-electron chi connectivity index (χ0n) is 15.2. The van der Waals surface area contributed by atoms with Crippen LogP contribution in [0, 0.1) is 6.92 Å². The maximum absolute atomic E-state index is 5.86. The summed E-state index contributed by atoms with van der Waals surface area (Å²) in [6.45, 7) is 4.43. The molecular weight excluding hydrogens is 338 g/mol. The molecule has 4 nitrogen and oxygen atoms in total. The van der Waals surface area contributed by atoms with Gasteiger partial charge < -0.3 is 14.2 Å². The van der Waals surface area contributed by atoms with E-state index < -0.39 is 0 Å². The van der Waals surface area contributed by atoms with Gasteiger partial charge in [0.15, 0.2) is 11.5 Å². The van der Waals surface area contributed by atoms with E-state index in [0.29, 0.717) is 6.61 Å². The molecule has 0 saturated heterocycles. The van der Waals surface area contributed by atoms with Crippen LogP contribution in [0.15, 0.2) is 65.7 Å². The van der Waals surface area contributed by atoms with Gasteiger partial charge in [-0.2, -0.15) is 0 Å². The molecule has 134 valence electrons. The number of hydrogen-bond donors (Lipinski definition) is 0. The smallest absolute Gasteiger partial charge is 0.238 e. The third kappa shape index (κ3) is 2.93. The minimum atomic E-state index is -0.228. The van der Waals surface area contributed by atoms with Gasteiger partial charge in [-0.1, -0.05) is 36.4 Å². The molecule has 4 heteroatoms. The fourth-order valence-electron chi connectivity index (χ4n) is 3.42. The van der Waals surface area contributed by atoms with Crippen LogP contribution in [0.4, 0.5) is 5.69 Å². The lowest BCUT2D eigenvalue weighted by Gasteiger charge is -2.17. The number of benzene rings is 3. The predicted octanol–water partition coefficient (Wildman–Crippen LogP) is 5.29. The standard InChI is InChI=1S/C23H19NO3/c1-14-3-9-21-19(11-14)24-20(13-25-21)17-6-4-16(5-7-17)18-8-10-22-23(12-18)27-15(2)26-22/h3-12,15H,13H2,1-2H3. The van der Waals surface area contributed by atoms with E-state index in [9.17, 15) is 0 Å². The number of ether oxygens (including phenoxy) is 3. The molecule has 1 atom stereocenters. The van der Waals surface area contributed by atoms with E-state index in [-0.39, 0.29) is 6.29 Å². The van der Waals surface area contributed by atoms with E-state index >= 15 is 0 Å². The maximum Gasteiger partial charge on any atom is 0.238 e. The number of fused-ring (bicyclic) bond motifs is 2. The highest BCUT2D eigenvalue weighted by Gasteiger charge is 2.20. The summed E-state index contributed by atoms with van der Waals surface area (Å²) >= 11 is 0. The van der Waals surface area contributed by atoms with Crippen molar-refractivity contribution in [2.75, 3.05) is 6.61 Å². The minimum absolute atomic E-state index is 0.228. The highest BCUT2D eigenvalue weighted by Crippen LogP contribution is 2.38. The summed E-state index contributed by atoms with van der Waals surface area (Å²) in [4.78, 5) is 4.79. The fraction of sp³-hybridized carbons (Fsp3) is 0.174. The molecule has 1 unspecified atom stereocenters. The summed E-state index contributed by atoms with van der Waals surface area (Å²) in [5, 5.41) is 0. The molecule has 2 aliphatic rings. The molecule has 3 aromatic carbocycles. The van der Waals surface area contributed by atoms with Crippen LogP contribution < -0.4 is 14.2 Å². The Morgan fingerprint density at radius 1 is 0.778 bits per heavy atom. The van der Waals surface area contributed by atoms with Gasteiger partial charge in [-0.05, 0) is 53.4 Å². The second-order valence-corrected chi connectivity index (χ2v) is 6.86. The fourth-order valence-corrected chi connectivity index (χ4v) is 3.42. The number of nitrogens with zero attached hydrogens (tertiary/aromatic N) is 1. The number of aliphatic imine (C=N–C) groups is 1. The average molecular weight is 357 g/mol. The van der Waals surface area contributed by atoms with Crippen molar-refractivity contribution in [3.05, 3.63) is 71.8 Å². The van der Waals surface area contributed by atoms with Gasteiger partial charge in [0.25, 0.3) is 0 Å². The minimum Gasteiger partial charge on any atom is -0.485 e. The highest BCUT2D eigenvalue weighted by atomic mass is 16.7. The summed E-state index contributed by atoms with van der Waals surface area (Å²) in [5.74, 6) is 2.43. The molecule has 27 heavy (non-hydrogen) atoms. The van der Waals surface area contributed by atoms with Crippen molar-refractivity contribution in [1.82, 2.24) is 0 Å². The molecule has 2 aliphatic heterocycles.